The molecule has 1 unspecified atom stereocenters. The summed E-state index contributed by atoms with van der Waals surface area (Å²) in [4.78, 5) is 26.8. The van der Waals surface area contributed by atoms with E-state index in [4.69, 9.17) is 9.47 Å². The molecule has 2 saturated carbocycles. The van der Waals surface area contributed by atoms with E-state index in [-0.39, 0.29) is 30.6 Å². The smallest absolute Gasteiger partial charge is 0.305 e. The van der Waals surface area contributed by atoms with Gasteiger partial charge in [0.2, 0.25) is 0 Å². The van der Waals surface area contributed by atoms with Crippen molar-refractivity contribution < 1.29 is 29.3 Å². The molecule has 0 aromatic heterocycles. The van der Waals surface area contributed by atoms with Crippen LogP contribution in [-0.4, -0.2) is 64.3 Å². The Morgan fingerprint density at radius 2 is 2.13 bits per heavy atom. The molecule has 30 heavy (non-hydrogen) atoms. The van der Waals surface area contributed by atoms with Gasteiger partial charge in [-0.05, 0) is 56.2 Å². The van der Waals surface area contributed by atoms with Crippen molar-refractivity contribution in [1.82, 2.24) is 4.90 Å². The van der Waals surface area contributed by atoms with Gasteiger partial charge in [-0.25, -0.2) is 0 Å². The highest BCUT2D eigenvalue weighted by molar-refractivity contribution is 5.90. The normalized spacial score (nSPS) is 36.3. The molecule has 7 nitrogen and oxygen atoms in total. The summed E-state index contributed by atoms with van der Waals surface area (Å²) in [5, 5.41) is 19.8. The largest absolute Gasteiger partial charge is 0.504 e. The first-order valence-corrected chi connectivity index (χ1v) is 11.1. The first kappa shape index (κ1) is 18.6. The molecule has 2 aliphatic heterocycles. The van der Waals surface area contributed by atoms with Crippen LogP contribution in [0.15, 0.2) is 12.1 Å². The van der Waals surface area contributed by atoms with Crippen LogP contribution < -0.4 is 4.74 Å². The van der Waals surface area contributed by atoms with Gasteiger partial charge in [0.15, 0.2) is 23.4 Å². The van der Waals surface area contributed by atoms with E-state index in [0.717, 1.165) is 43.0 Å². The number of nitrogens with zero attached hydrogens (tertiary/aromatic N) is 1. The van der Waals surface area contributed by atoms with E-state index in [9.17, 15) is 19.8 Å². The lowest BCUT2D eigenvalue weighted by atomic mass is 9.48. The van der Waals surface area contributed by atoms with Gasteiger partial charge in [0.1, 0.15) is 0 Å². The zero-order chi connectivity index (χ0) is 20.7. The van der Waals surface area contributed by atoms with Crippen LogP contribution in [0.4, 0.5) is 0 Å². The van der Waals surface area contributed by atoms with Crippen molar-refractivity contribution in [3.8, 4) is 11.5 Å². The first-order valence-electron chi connectivity index (χ1n) is 11.1. The third kappa shape index (κ3) is 2.28. The number of phenols is 1. The molecular formula is C23H27NO6. The minimum Gasteiger partial charge on any atom is -0.504 e. The summed E-state index contributed by atoms with van der Waals surface area (Å²) in [5.41, 5.74) is 0.758. The molecular weight excluding hydrogens is 386 g/mol. The molecule has 3 fully saturated rings. The molecule has 1 spiro atoms. The predicted octanol–water partition coefficient (Wildman–Crippen LogP) is 2.02. The molecule has 6 rings (SSSR count). The number of hydrogen-bond acceptors (Lipinski definition) is 6. The number of carboxylic acid groups (broad SMARTS) is 1. The van der Waals surface area contributed by atoms with Gasteiger partial charge in [0.25, 0.3) is 0 Å². The maximum atomic E-state index is 13.1. The molecule has 0 amide bonds. The van der Waals surface area contributed by atoms with Gasteiger partial charge in [-0.2, -0.15) is 0 Å². The van der Waals surface area contributed by atoms with E-state index in [1.165, 1.54) is 12.8 Å². The van der Waals surface area contributed by atoms with Gasteiger partial charge in [0, 0.05) is 24.6 Å². The third-order valence-corrected chi connectivity index (χ3v) is 8.19. The van der Waals surface area contributed by atoms with Gasteiger partial charge < -0.3 is 19.7 Å². The van der Waals surface area contributed by atoms with E-state index >= 15 is 0 Å². The number of aromatic hydroxyl groups is 1. The van der Waals surface area contributed by atoms with Crippen LogP contribution in [0.25, 0.3) is 0 Å². The van der Waals surface area contributed by atoms with Crippen molar-refractivity contribution in [3.63, 3.8) is 0 Å². The van der Waals surface area contributed by atoms with Gasteiger partial charge >= 0.3 is 5.97 Å². The van der Waals surface area contributed by atoms with E-state index in [0.29, 0.717) is 18.6 Å². The first-order chi connectivity index (χ1) is 14.5. The Labute approximate surface area is 175 Å². The van der Waals surface area contributed by atoms with Crippen molar-refractivity contribution in [2.24, 2.45) is 5.92 Å². The Balaban J connectivity index is 1.52. The maximum absolute atomic E-state index is 13.1. The predicted molar refractivity (Wildman–Crippen MR) is 106 cm³/mol. The number of carbonyl (C=O) groups excluding carboxylic acids is 1. The monoisotopic (exact) mass is 413 g/mol. The van der Waals surface area contributed by atoms with Crippen LogP contribution in [0.2, 0.25) is 0 Å². The number of rotatable bonds is 6. The Hall–Kier alpha value is -2.12. The van der Waals surface area contributed by atoms with Crippen LogP contribution in [0.1, 0.15) is 49.7 Å². The molecule has 1 aromatic rings. The molecule has 0 radical (unpaired) electrons. The Morgan fingerprint density at radius 3 is 2.90 bits per heavy atom. The zero-order valence-electron chi connectivity index (χ0n) is 16.9. The van der Waals surface area contributed by atoms with Crippen LogP contribution in [-0.2, 0) is 26.2 Å². The summed E-state index contributed by atoms with van der Waals surface area (Å²) in [5.74, 6) is 0.416. The standard InChI is InChI=1S/C23H27NO6/c25-15-4-3-14-11-17-23(29-10-6-18(27)28)7-5-16(26)21-22(23,19(14)20(15)30-21)8-9-24(17)12-13-1-2-13/h3-4,13,17,21,25H,1-2,5-12H2,(H,27,28)/t17-,21+,22+,23?/m1/s1. The lowest BCUT2D eigenvalue weighted by molar-refractivity contribution is -0.214. The lowest BCUT2D eigenvalue weighted by Crippen LogP contribution is -2.77. The van der Waals surface area contributed by atoms with Gasteiger partial charge in [-0.3, -0.25) is 14.5 Å². The van der Waals surface area contributed by atoms with E-state index in [1.54, 1.807) is 6.07 Å². The number of aliphatic carboxylic acids is 1. The second-order valence-electron chi connectivity index (χ2n) is 9.67. The lowest BCUT2D eigenvalue weighted by Gasteiger charge is -2.64. The topological polar surface area (TPSA) is 96.3 Å². The molecule has 1 aromatic carbocycles. The highest BCUT2D eigenvalue weighted by Gasteiger charge is 2.74. The molecule has 2 heterocycles. The Kier molecular flexibility index (Phi) is 3.85. The minimum atomic E-state index is -0.885. The average molecular weight is 413 g/mol. The summed E-state index contributed by atoms with van der Waals surface area (Å²) in [6, 6.07) is 3.73. The second-order valence-corrected chi connectivity index (χ2v) is 9.67. The number of phenolic OH excluding ortho intramolecular Hbond substituents is 1. The summed E-state index contributed by atoms with van der Waals surface area (Å²) >= 11 is 0. The highest BCUT2D eigenvalue weighted by Crippen LogP contribution is 2.66. The number of Topliss-reactive ketones (excluding diaryl/α,β-unsaturated/α-hetero) is 1. The number of hydrogen-bond donors (Lipinski definition) is 2. The fourth-order valence-electron chi connectivity index (χ4n) is 6.85. The maximum Gasteiger partial charge on any atom is 0.305 e. The fraction of sp³-hybridized carbons (Fsp3) is 0.652. The number of likely N-dealkylation sites (tertiary alicyclic amines) is 1. The van der Waals surface area contributed by atoms with Crippen LogP contribution in [0, 0.1) is 5.92 Å². The summed E-state index contributed by atoms with van der Waals surface area (Å²) in [7, 11) is 0. The molecule has 2 N–H and O–H groups in total. The van der Waals surface area contributed by atoms with E-state index in [2.05, 4.69) is 4.90 Å². The van der Waals surface area contributed by atoms with Gasteiger partial charge in [0.05, 0.1) is 24.0 Å². The summed E-state index contributed by atoms with van der Waals surface area (Å²) in [6.07, 6.45) is 4.23. The summed E-state index contributed by atoms with van der Waals surface area (Å²) in [6.45, 7) is 2.02. The molecule has 4 atom stereocenters. The molecule has 2 bridgehead atoms. The number of carboxylic acids is 1. The van der Waals surface area contributed by atoms with Crippen molar-refractivity contribution in [3.05, 3.63) is 23.3 Å². The molecule has 5 aliphatic rings. The fourth-order valence-corrected chi connectivity index (χ4v) is 6.85. The number of piperidine rings is 1. The van der Waals surface area contributed by atoms with Crippen molar-refractivity contribution in [1.29, 1.82) is 0 Å². The van der Waals surface area contributed by atoms with Crippen molar-refractivity contribution in [2.45, 2.75) is 68.1 Å². The van der Waals surface area contributed by atoms with E-state index < -0.39 is 23.1 Å². The second kappa shape index (κ2) is 6.20. The number of ether oxygens (including phenoxy) is 2. The van der Waals surface area contributed by atoms with Crippen LogP contribution in [0.5, 0.6) is 11.5 Å². The molecule has 1 saturated heterocycles. The van der Waals surface area contributed by atoms with Crippen LogP contribution >= 0.6 is 0 Å². The molecule has 3 aliphatic carbocycles. The average Bonchev–Trinajstić information content (AvgIpc) is 3.45. The zero-order valence-corrected chi connectivity index (χ0v) is 16.9. The van der Waals surface area contributed by atoms with Gasteiger partial charge in [-0.1, -0.05) is 6.07 Å². The SMILES string of the molecule is O=C(O)CCOC12CCC(=O)[C@@H]3Oc4c(O)ccc5c4[C@@]31CCN(CC1CC1)[C@@H]2C5. The summed E-state index contributed by atoms with van der Waals surface area (Å²) < 4.78 is 12.8. The van der Waals surface area contributed by atoms with Crippen LogP contribution in [0.3, 0.4) is 0 Å². The minimum absolute atomic E-state index is 0.0605. The Morgan fingerprint density at radius 1 is 1.30 bits per heavy atom. The number of carbonyl (C=O) groups is 2. The third-order valence-electron chi connectivity index (χ3n) is 8.19. The van der Waals surface area contributed by atoms with Gasteiger partial charge in [-0.15, -0.1) is 0 Å². The van der Waals surface area contributed by atoms with Crippen molar-refractivity contribution >= 4 is 11.8 Å². The number of ketones is 1. The Bertz CT molecular complexity index is 942. The van der Waals surface area contributed by atoms with Crippen molar-refractivity contribution in [2.75, 3.05) is 19.7 Å². The molecule has 7 heteroatoms. The number of benzene rings is 1. The highest BCUT2D eigenvalue weighted by atomic mass is 16.5. The quantitative estimate of drug-likeness (QED) is 0.737. The molecule has 160 valence electrons. The van der Waals surface area contributed by atoms with E-state index in [1.807, 2.05) is 6.07 Å².